The van der Waals surface area contributed by atoms with E-state index in [1.54, 1.807) is 0 Å². The lowest BCUT2D eigenvalue weighted by Crippen LogP contribution is -2.31. The highest BCUT2D eigenvalue weighted by Gasteiger charge is 2.31. The van der Waals surface area contributed by atoms with Crippen LogP contribution < -0.4 is 0 Å². The third-order valence-corrected chi connectivity index (χ3v) is 3.13. The van der Waals surface area contributed by atoms with E-state index in [2.05, 4.69) is 0 Å². The van der Waals surface area contributed by atoms with Crippen molar-refractivity contribution in [1.82, 2.24) is 0 Å². The Hall–Kier alpha value is -1.51. The number of esters is 1. The summed E-state index contributed by atoms with van der Waals surface area (Å²) in [6, 6.07) is 0. The summed E-state index contributed by atoms with van der Waals surface area (Å²) >= 11 is 0. The first-order valence-electron chi connectivity index (χ1n) is 6.41. The number of carbonyl (C=O) groups is 1. The molecular weight excluding hydrogens is 228 g/mol. The molecule has 0 spiro atoms. The van der Waals surface area contributed by atoms with E-state index >= 15 is 0 Å². The van der Waals surface area contributed by atoms with Crippen LogP contribution in [0.4, 0.5) is 0 Å². The van der Waals surface area contributed by atoms with Crippen LogP contribution in [0.1, 0.15) is 34.1 Å². The van der Waals surface area contributed by atoms with Crippen LogP contribution in [0.25, 0.3) is 0 Å². The molecule has 0 aromatic heterocycles. The first-order valence-corrected chi connectivity index (χ1v) is 6.41. The van der Waals surface area contributed by atoms with Crippen molar-refractivity contribution in [3.8, 4) is 0 Å². The molecule has 0 saturated carbocycles. The molecule has 18 heavy (non-hydrogen) atoms. The van der Waals surface area contributed by atoms with Crippen LogP contribution in [0.5, 0.6) is 0 Å². The summed E-state index contributed by atoms with van der Waals surface area (Å²) in [5.41, 5.74) is 2.15. The molecule has 0 N–H and O–H groups in total. The lowest BCUT2D eigenvalue weighted by molar-refractivity contribution is -0.155. The van der Waals surface area contributed by atoms with Gasteiger partial charge in [0.1, 0.15) is 17.8 Å². The van der Waals surface area contributed by atoms with Gasteiger partial charge in [0.05, 0.1) is 6.10 Å². The average molecular weight is 248 g/mol. The van der Waals surface area contributed by atoms with Crippen LogP contribution in [0.2, 0.25) is 0 Å². The molecule has 1 aliphatic heterocycles. The molecule has 0 bridgehead atoms. The molecule has 0 unspecified atom stereocenters. The van der Waals surface area contributed by atoms with Gasteiger partial charge in [-0.2, -0.15) is 0 Å². The van der Waals surface area contributed by atoms with E-state index in [0.717, 1.165) is 17.6 Å². The van der Waals surface area contributed by atoms with Crippen molar-refractivity contribution in [3.05, 3.63) is 35.1 Å². The Balaban J connectivity index is 2.37. The SMILES string of the molecule is CC1=CC(C)=C[C@@H]2C(=O)O[C@H](C)C[C@H](C)OC2=C1. The summed E-state index contributed by atoms with van der Waals surface area (Å²) in [5, 5.41) is 0. The van der Waals surface area contributed by atoms with Gasteiger partial charge in [-0.25, -0.2) is 0 Å². The second-order valence-electron chi connectivity index (χ2n) is 5.24. The fourth-order valence-electron chi connectivity index (χ4n) is 2.47. The Labute approximate surface area is 108 Å². The molecule has 1 fully saturated rings. The number of hydrogen-bond donors (Lipinski definition) is 0. The number of hydrogen-bond acceptors (Lipinski definition) is 3. The van der Waals surface area contributed by atoms with Gasteiger partial charge in [-0.1, -0.05) is 17.7 Å². The highest BCUT2D eigenvalue weighted by Crippen LogP contribution is 2.28. The van der Waals surface area contributed by atoms with Gasteiger partial charge in [0.15, 0.2) is 0 Å². The maximum absolute atomic E-state index is 12.1. The van der Waals surface area contributed by atoms with Crippen LogP contribution in [-0.4, -0.2) is 18.2 Å². The molecule has 98 valence electrons. The van der Waals surface area contributed by atoms with Crippen molar-refractivity contribution in [1.29, 1.82) is 0 Å². The zero-order valence-electron chi connectivity index (χ0n) is 11.4. The highest BCUT2D eigenvalue weighted by atomic mass is 16.6. The Morgan fingerprint density at radius 2 is 1.72 bits per heavy atom. The number of cyclic esters (lactones) is 1. The predicted octanol–water partition coefficient (Wildman–Crippen LogP) is 3.13. The van der Waals surface area contributed by atoms with Gasteiger partial charge in [-0.15, -0.1) is 0 Å². The molecule has 1 saturated heterocycles. The monoisotopic (exact) mass is 248 g/mol. The Bertz CT molecular complexity index is 443. The Morgan fingerprint density at radius 3 is 2.44 bits per heavy atom. The van der Waals surface area contributed by atoms with Gasteiger partial charge in [0.2, 0.25) is 0 Å². The summed E-state index contributed by atoms with van der Waals surface area (Å²) in [6.45, 7) is 7.91. The van der Waals surface area contributed by atoms with E-state index in [-0.39, 0.29) is 18.2 Å². The summed E-state index contributed by atoms with van der Waals surface area (Å²) in [6.07, 6.45) is 6.58. The van der Waals surface area contributed by atoms with E-state index in [0.29, 0.717) is 5.76 Å². The van der Waals surface area contributed by atoms with Gasteiger partial charge in [0, 0.05) is 6.42 Å². The third-order valence-electron chi connectivity index (χ3n) is 3.13. The molecule has 2 rings (SSSR count). The molecule has 3 heteroatoms. The molecule has 3 nitrogen and oxygen atoms in total. The van der Waals surface area contributed by atoms with Gasteiger partial charge in [-0.05, 0) is 39.3 Å². The largest absolute Gasteiger partial charge is 0.494 e. The molecule has 0 amide bonds. The first kappa shape index (κ1) is 12.9. The molecule has 1 heterocycles. The quantitative estimate of drug-likeness (QED) is 0.618. The minimum Gasteiger partial charge on any atom is -0.494 e. The van der Waals surface area contributed by atoms with Crippen LogP contribution in [0.3, 0.4) is 0 Å². The van der Waals surface area contributed by atoms with Crippen LogP contribution in [0.15, 0.2) is 35.1 Å². The number of ether oxygens (including phenoxy) is 2. The Kier molecular flexibility index (Phi) is 3.60. The minimum atomic E-state index is -0.413. The highest BCUT2D eigenvalue weighted by molar-refractivity contribution is 5.78. The number of carbonyl (C=O) groups excluding carboxylic acids is 1. The molecule has 3 atom stereocenters. The summed E-state index contributed by atoms with van der Waals surface area (Å²) < 4.78 is 11.4. The number of rotatable bonds is 0. The normalized spacial score (nSPS) is 32.6. The topological polar surface area (TPSA) is 35.5 Å². The lowest BCUT2D eigenvalue weighted by Gasteiger charge is -2.28. The molecule has 0 aromatic rings. The Morgan fingerprint density at radius 1 is 1.06 bits per heavy atom. The molecular formula is C15H20O3. The van der Waals surface area contributed by atoms with E-state index in [9.17, 15) is 4.79 Å². The third kappa shape index (κ3) is 2.84. The summed E-state index contributed by atoms with van der Waals surface area (Å²) in [4.78, 5) is 12.1. The minimum absolute atomic E-state index is 0.0569. The molecule has 0 aromatic carbocycles. The van der Waals surface area contributed by atoms with Crippen molar-refractivity contribution < 1.29 is 14.3 Å². The van der Waals surface area contributed by atoms with Crippen molar-refractivity contribution in [2.45, 2.75) is 46.3 Å². The second-order valence-corrected chi connectivity index (χ2v) is 5.24. The summed E-state index contributed by atoms with van der Waals surface area (Å²) in [7, 11) is 0. The van der Waals surface area contributed by atoms with Crippen molar-refractivity contribution in [2.24, 2.45) is 5.92 Å². The molecule has 1 aliphatic carbocycles. The first-order chi connectivity index (χ1) is 8.45. The van der Waals surface area contributed by atoms with Gasteiger partial charge in [0.25, 0.3) is 0 Å². The van der Waals surface area contributed by atoms with Crippen molar-refractivity contribution in [2.75, 3.05) is 0 Å². The van der Waals surface area contributed by atoms with Crippen molar-refractivity contribution in [3.63, 3.8) is 0 Å². The van der Waals surface area contributed by atoms with Gasteiger partial charge < -0.3 is 9.47 Å². The maximum Gasteiger partial charge on any atom is 0.320 e. The average Bonchev–Trinajstić information content (AvgIpc) is 2.35. The maximum atomic E-state index is 12.1. The van der Waals surface area contributed by atoms with Crippen molar-refractivity contribution >= 4 is 5.97 Å². The standard InChI is InChI=1S/C15H20O3/c1-9-5-10(2)7-14-13(6-9)15(16)18-12(4)8-11(3)17-14/h5-7,11-13H,8H2,1-4H3/t11-,12+,13-/m0/s1. The zero-order valence-corrected chi connectivity index (χ0v) is 11.4. The number of allylic oxidation sites excluding steroid dienone is 4. The smallest absolute Gasteiger partial charge is 0.320 e. The zero-order chi connectivity index (χ0) is 13.3. The van der Waals surface area contributed by atoms with E-state index in [4.69, 9.17) is 9.47 Å². The van der Waals surface area contributed by atoms with Crippen LogP contribution in [-0.2, 0) is 14.3 Å². The van der Waals surface area contributed by atoms with Gasteiger partial charge in [-0.3, -0.25) is 4.79 Å². The fourth-order valence-corrected chi connectivity index (χ4v) is 2.47. The van der Waals surface area contributed by atoms with Gasteiger partial charge >= 0.3 is 5.97 Å². The van der Waals surface area contributed by atoms with Crippen LogP contribution in [0, 0.1) is 5.92 Å². The molecule has 2 aliphatic rings. The lowest BCUT2D eigenvalue weighted by atomic mass is 10.0. The molecule has 0 radical (unpaired) electrons. The fraction of sp³-hybridized carbons (Fsp3) is 0.533. The van der Waals surface area contributed by atoms with E-state index in [1.165, 1.54) is 0 Å². The van der Waals surface area contributed by atoms with E-state index < -0.39 is 5.92 Å². The predicted molar refractivity (Wildman–Crippen MR) is 69.8 cm³/mol. The van der Waals surface area contributed by atoms with E-state index in [1.807, 2.05) is 45.9 Å². The summed E-state index contributed by atoms with van der Waals surface area (Å²) in [5.74, 6) is 0.0667. The van der Waals surface area contributed by atoms with Crippen LogP contribution >= 0.6 is 0 Å². The second kappa shape index (κ2) is 5.01. The number of fused-ring (bicyclic) bond motifs is 1.